The van der Waals surface area contributed by atoms with Crippen LogP contribution in [0.5, 0.6) is 0 Å². The van der Waals surface area contributed by atoms with E-state index in [9.17, 15) is 4.79 Å². The summed E-state index contributed by atoms with van der Waals surface area (Å²) in [6, 6.07) is 1.76. The number of esters is 1. The van der Waals surface area contributed by atoms with Crippen molar-refractivity contribution in [2.75, 3.05) is 13.7 Å². The van der Waals surface area contributed by atoms with Gasteiger partial charge in [0, 0.05) is 18.5 Å². The Morgan fingerprint density at radius 2 is 2.47 bits per heavy atom. The monoisotopic (exact) mass is 264 g/mol. The van der Waals surface area contributed by atoms with Gasteiger partial charge in [-0.3, -0.25) is 5.10 Å². The average Bonchev–Trinajstić information content (AvgIpc) is 3.08. The largest absolute Gasteiger partial charge is 0.463 e. The van der Waals surface area contributed by atoms with Gasteiger partial charge in [0.2, 0.25) is 5.76 Å². The summed E-state index contributed by atoms with van der Waals surface area (Å²) in [5, 5.41) is 9.83. The van der Waals surface area contributed by atoms with Crippen LogP contribution in [-0.2, 0) is 17.7 Å². The normalized spacial score (nSPS) is 10.6. The maximum Gasteiger partial charge on any atom is 0.374 e. The topological polar surface area (TPSA) is 93.0 Å². The van der Waals surface area contributed by atoms with E-state index in [0.717, 1.165) is 30.8 Å². The number of aromatic amines is 1. The van der Waals surface area contributed by atoms with Gasteiger partial charge in [0.25, 0.3) is 0 Å². The Morgan fingerprint density at radius 1 is 1.58 bits per heavy atom. The van der Waals surface area contributed by atoms with Crippen LogP contribution >= 0.6 is 0 Å². The summed E-state index contributed by atoms with van der Waals surface area (Å²) in [4.78, 5) is 15.4. The molecule has 7 heteroatoms. The Labute approximate surface area is 110 Å². The molecule has 2 rings (SSSR count). The van der Waals surface area contributed by atoms with Crippen molar-refractivity contribution in [2.45, 2.75) is 19.4 Å². The minimum Gasteiger partial charge on any atom is -0.463 e. The van der Waals surface area contributed by atoms with Crippen LogP contribution in [0.3, 0.4) is 0 Å². The summed E-state index contributed by atoms with van der Waals surface area (Å²) in [6.07, 6.45) is 4.75. The first kappa shape index (κ1) is 13.3. The van der Waals surface area contributed by atoms with Crippen molar-refractivity contribution >= 4 is 5.97 Å². The van der Waals surface area contributed by atoms with Crippen LogP contribution in [0.15, 0.2) is 23.1 Å². The number of furan rings is 1. The molecule has 102 valence electrons. The Morgan fingerprint density at radius 3 is 3.21 bits per heavy atom. The first-order chi connectivity index (χ1) is 9.31. The summed E-state index contributed by atoms with van der Waals surface area (Å²) in [6.45, 7) is 1.38. The summed E-state index contributed by atoms with van der Waals surface area (Å²) < 4.78 is 9.73. The maximum absolute atomic E-state index is 11.4. The number of rotatable bonds is 7. The van der Waals surface area contributed by atoms with Gasteiger partial charge >= 0.3 is 5.97 Å². The van der Waals surface area contributed by atoms with Gasteiger partial charge in [0.1, 0.15) is 12.2 Å². The maximum atomic E-state index is 11.4. The van der Waals surface area contributed by atoms with E-state index in [2.05, 4.69) is 25.2 Å². The Balaban J connectivity index is 1.71. The molecule has 0 unspecified atom stereocenters. The number of nitrogens with one attached hydrogen (secondary N) is 2. The highest BCUT2D eigenvalue weighted by Gasteiger charge is 2.14. The molecule has 0 saturated carbocycles. The van der Waals surface area contributed by atoms with Crippen LogP contribution in [0.4, 0.5) is 0 Å². The lowest BCUT2D eigenvalue weighted by Gasteiger charge is -2.03. The molecule has 0 aliphatic heterocycles. The second kappa shape index (κ2) is 6.69. The van der Waals surface area contributed by atoms with Crippen LogP contribution in [-0.4, -0.2) is 34.8 Å². The van der Waals surface area contributed by atoms with Gasteiger partial charge in [-0.05, 0) is 19.0 Å². The minimum absolute atomic E-state index is 0.255. The zero-order valence-electron chi connectivity index (χ0n) is 10.7. The molecule has 2 N–H and O–H groups in total. The molecule has 2 aromatic heterocycles. The molecule has 0 fully saturated rings. The fraction of sp³-hybridized carbons (Fsp3) is 0.417. The number of hydrogen-bond donors (Lipinski definition) is 2. The third-order valence-corrected chi connectivity index (χ3v) is 2.67. The van der Waals surface area contributed by atoms with E-state index in [-0.39, 0.29) is 5.76 Å². The third kappa shape index (κ3) is 3.65. The highest BCUT2D eigenvalue weighted by Crippen LogP contribution is 2.11. The molecule has 0 aliphatic carbocycles. The van der Waals surface area contributed by atoms with Gasteiger partial charge in [-0.1, -0.05) is 0 Å². The van der Waals surface area contributed by atoms with Crippen molar-refractivity contribution in [3.63, 3.8) is 0 Å². The standard InChI is InChI=1S/C12H16N4O3/c1-18-12(17)11-9(4-6-19-11)7-13-5-2-3-10-14-8-15-16-10/h4,6,8,13H,2-3,5,7H2,1H3,(H,14,15,16). The smallest absolute Gasteiger partial charge is 0.374 e. The van der Waals surface area contributed by atoms with Gasteiger partial charge in [-0.15, -0.1) is 0 Å². The van der Waals surface area contributed by atoms with E-state index >= 15 is 0 Å². The summed E-state index contributed by atoms with van der Waals surface area (Å²) in [5.41, 5.74) is 0.798. The van der Waals surface area contributed by atoms with Crippen LogP contribution in [0.25, 0.3) is 0 Å². The predicted octanol–water partition coefficient (Wildman–Crippen LogP) is 0.907. The van der Waals surface area contributed by atoms with Crippen LogP contribution in [0.2, 0.25) is 0 Å². The number of carbonyl (C=O) groups is 1. The van der Waals surface area contributed by atoms with Gasteiger partial charge in [0.15, 0.2) is 0 Å². The van der Waals surface area contributed by atoms with E-state index < -0.39 is 5.97 Å². The number of H-pyrrole nitrogens is 1. The number of carbonyl (C=O) groups excluding carboxylic acids is 1. The van der Waals surface area contributed by atoms with Crippen LogP contribution in [0, 0.1) is 0 Å². The zero-order chi connectivity index (χ0) is 13.5. The molecule has 0 spiro atoms. The molecular formula is C12H16N4O3. The summed E-state index contributed by atoms with van der Waals surface area (Å²) >= 11 is 0. The van der Waals surface area contributed by atoms with Crippen molar-refractivity contribution in [1.29, 1.82) is 0 Å². The van der Waals surface area contributed by atoms with Gasteiger partial charge in [0.05, 0.1) is 13.4 Å². The molecule has 0 aromatic carbocycles. The number of nitrogens with zero attached hydrogens (tertiary/aromatic N) is 2. The minimum atomic E-state index is -0.455. The second-order valence-electron chi connectivity index (χ2n) is 3.98. The quantitative estimate of drug-likeness (QED) is 0.570. The Bertz CT molecular complexity index is 507. The molecule has 0 saturated heterocycles. The fourth-order valence-corrected chi connectivity index (χ4v) is 1.70. The number of aromatic nitrogens is 3. The molecular weight excluding hydrogens is 248 g/mol. The lowest BCUT2D eigenvalue weighted by molar-refractivity contribution is 0.0563. The lowest BCUT2D eigenvalue weighted by Crippen LogP contribution is -2.17. The molecule has 0 radical (unpaired) electrons. The van der Waals surface area contributed by atoms with Gasteiger partial charge in [-0.25, -0.2) is 9.78 Å². The lowest BCUT2D eigenvalue weighted by atomic mass is 10.2. The van der Waals surface area contributed by atoms with E-state index in [0.29, 0.717) is 6.54 Å². The second-order valence-corrected chi connectivity index (χ2v) is 3.98. The Kier molecular flexibility index (Phi) is 4.68. The molecule has 19 heavy (non-hydrogen) atoms. The number of ether oxygens (including phenoxy) is 1. The van der Waals surface area contributed by atoms with Crippen molar-refractivity contribution in [3.05, 3.63) is 35.8 Å². The predicted molar refractivity (Wildman–Crippen MR) is 66.5 cm³/mol. The summed E-state index contributed by atoms with van der Waals surface area (Å²) in [5.74, 6) is 0.675. The first-order valence-corrected chi connectivity index (χ1v) is 6.01. The van der Waals surface area contributed by atoms with Crippen molar-refractivity contribution in [3.8, 4) is 0 Å². The van der Waals surface area contributed by atoms with Crippen molar-refractivity contribution in [1.82, 2.24) is 20.5 Å². The average molecular weight is 264 g/mol. The van der Waals surface area contributed by atoms with Crippen molar-refractivity contribution < 1.29 is 13.9 Å². The molecule has 0 aliphatic rings. The van der Waals surface area contributed by atoms with E-state index in [1.54, 1.807) is 6.07 Å². The van der Waals surface area contributed by atoms with Gasteiger partial charge < -0.3 is 14.5 Å². The van der Waals surface area contributed by atoms with E-state index in [4.69, 9.17) is 4.42 Å². The number of aryl methyl sites for hydroxylation is 1. The van der Waals surface area contributed by atoms with Crippen molar-refractivity contribution in [2.24, 2.45) is 0 Å². The van der Waals surface area contributed by atoms with E-state index in [1.165, 1.54) is 19.7 Å². The van der Waals surface area contributed by atoms with E-state index in [1.807, 2.05) is 0 Å². The molecule has 0 amide bonds. The highest BCUT2D eigenvalue weighted by molar-refractivity contribution is 5.87. The third-order valence-electron chi connectivity index (χ3n) is 2.67. The molecule has 2 heterocycles. The molecule has 0 bridgehead atoms. The van der Waals surface area contributed by atoms with Gasteiger partial charge in [-0.2, -0.15) is 5.10 Å². The highest BCUT2D eigenvalue weighted by atomic mass is 16.5. The Hall–Kier alpha value is -2.15. The molecule has 7 nitrogen and oxygen atoms in total. The fourth-order valence-electron chi connectivity index (χ4n) is 1.70. The number of hydrogen-bond acceptors (Lipinski definition) is 6. The van der Waals surface area contributed by atoms with Crippen LogP contribution < -0.4 is 5.32 Å². The first-order valence-electron chi connectivity index (χ1n) is 6.01. The van der Waals surface area contributed by atoms with Crippen LogP contribution in [0.1, 0.15) is 28.4 Å². The summed E-state index contributed by atoms with van der Waals surface area (Å²) in [7, 11) is 1.33. The number of methoxy groups -OCH3 is 1. The SMILES string of the molecule is COC(=O)c1occc1CNCCCc1ncn[nH]1. The molecule has 0 atom stereocenters. The molecule has 2 aromatic rings. The zero-order valence-corrected chi connectivity index (χ0v) is 10.7.